The lowest BCUT2D eigenvalue weighted by Crippen LogP contribution is -2.58. The summed E-state index contributed by atoms with van der Waals surface area (Å²) in [6.45, 7) is 4.15. The number of ether oxygens (including phenoxy) is 3. The Kier molecular flexibility index (Phi) is 5.22. The molecule has 3 aromatic carbocycles. The van der Waals surface area contributed by atoms with Crippen molar-refractivity contribution in [3.05, 3.63) is 58.7 Å². The maximum absolute atomic E-state index is 14.1. The minimum absolute atomic E-state index is 0.0342. The predicted molar refractivity (Wildman–Crippen MR) is 159 cm³/mol. The van der Waals surface area contributed by atoms with Crippen LogP contribution in [0.15, 0.2) is 36.4 Å². The highest BCUT2D eigenvalue weighted by molar-refractivity contribution is 6.32. The Hall–Kier alpha value is -5.36. The van der Waals surface area contributed by atoms with Gasteiger partial charge in [0.1, 0.15) is 18.8 Å². The molecule has 0 N–H and O–H groups in total. The van der Waals surface area contributed by atoms with Gasteiger partial charge < -0.3 is 23.3 Å². The lowest BCUT2D eigenvalue weighted by atomic mass is 9.88. The number of carbonyl (C=O) groups excluding carboxylic acids is 6. The fourth-order valence-electron chi connectivity index (χ4n) is 7.91. The molecule has 0 saturated carbocycles. The summed E-state index contributed by atoms with van der Waals surface area (Å²) < 4.78 is 21.7. The zero-order valence-electron chi connectivity index (χ0n) is 24.6. The fraction of sp³-hybridized carbons (Fsp3) is 0.273. The van der Waals surface area contributed by atoms with Gasteiger partial charge in [-0.2, -0.15) is 0 Å². The second kappa shape index (κ2) is 8.63. The monoisotopic (exact) mass is 607 g/mol. The number of nitrogens with zero attached hydrogens (tertiary/aromatic N) is 3. The maximum Gasteiger partial charge on any atom is 0.355 e. The maximum atomic E-state index is 14.1. The lowest BCUT2D eigenvalue weighted by molar-refractivity contribution is -0.217. The van der Waals surface area contributed by atoms with E-state index in [1.165, 1.54) is 25.9 Å². The molecule has 5 heterocycles. The van der Waals surface area contributed by atoms with Gasteiger partial charge in [0.15, 0.2) is 5.72 Å². The molecule has 0 aliphatic carbocycles. The van der Waals surface area contributed by atoms with Gasteiger partial charge in [0, 0.05) is 52.9 Å². The topological polar surface area (TPSA) is 143 Å². The molecule has 2 aromatic heterocycles. The van der Waals surface area contributed by atoms with Crippen molar-refractivity contribution in [3.63, 3.8) is 0 Å². The number of benzene rings is 3. The largest absolute Gasteiger partial charge is 0.466 e. The Bertz CT molecular complexity index is 2300. The van der Waals surface area contributed by atoms with Crippen molar-refractivity contribution < 1.29 is 43.0 Å². The van der Waals surface area contributed by atoms with Gasteiger partial charge in [0.2, 0.25) is 5.91 Å². The van der Waals surface area contributed by atoms with Gasteiger partial charge >= 0.3 is 11.9 Å². The van der Waals surface area contributed by atoms with Crippen molar-refractivity contribution in [1.82, 2.24) is 14.0 Å². The van der Waals surface area contributed by atoms with Gasteiger partial charge in [0.25, 0.3) is 11.5 Å². The number of aromatic nitrogens is 2. The Morgan fingerprint density at radius 2 is 1.60 bits per heavy atom. The second-order valence-electron chi connectivity index (χ2n) is 11.9. The molecule has 0 unspecified atom stereocenters. The van der Waals surface area contributed by atoms with Gasteiger partial charge in [0.05, 0.1) is 41.3 Å². The van der Waals surface area contributed by atoms with Crippen molar-refractivity contribution in [2.24, 2.45) is 0 Å². The average molecular weight is 608 g/mol. The Morgan fingerprint density at radius 1 is 0.956 bits per heavy atom. The molecule has 45 heavy (non-hydrogen) atoms. The Morgan fingerprint density at radius 3 is 2.20 bits per heavy atom. The summed E-state index contributed by atoms with van der Waals surface area (Å²) in [5.74, 6) is -2.45. The number of fused-ring (bicyclic) bond motifs is 13. The number of hydrogen-bond donors (Lipinski definition) is 0. The summed E-state index contributed by atoms with van der Waals surface area (Å²) >= 11 is 0. The number of imide groups is 1. The highest BCUT2D eigenvalue weighted by Crippen LogP contribution is 2.59. The molecule has 3 aliphatic heterocycles. The van der Waals surface area contributed by atoms with Gasteiger partial charge in [-0.05, 0) is 48.9 Å². The summed E-state index contributed by atoms with van der Waals surface area (Å²) in [6, 6.07) is 10.1. The van der Waals surface area contributed by atoms with E-state index in [0.29, 0.717) is 78.4 Å². The van der Waals surface area contributed by atoms with Crippen LogP contribution in [-0.2, 0) is 40.9 Å². The molecule has 1 saturated heterocycles. The predicted octanol–water partition coefficient (Wildman–Crippen LogP) is 4.11. The minimum atomic E-state index is -1.95. The van der Waals surface area contributed by atoms with E-state index >= 15 is 0 Å². The zero-order valence-corrected chi connectivity index (χ0v) is 24.6. The van der Waals surface area contributed by atoms with E-state index in [9.17, 15) is 28.8 Å². The molecule has 12 nitrogen and oxygen atoms in total. The average Bonchev–Trinajstić information content (AvgIpc) is 3.70. The van der Waals surface area contributed by atoms with Crippen molar-refractivity contribution in [3.8, 4) is 0 Å². The molecule has 12 heteroatoms. The van der Waals surface area contributed by atoms with Crippen LogP contribution in [0.3, 0.4) is 0 Å². The van der Waals surface area contributed by atoms with Crippen LogP contribution in [0.1, 0.15) is 70.1 Å². The molecule has 3 aliphatic rings. The summed E-state index contributed by atoms with van der Waals surface area (Å²) in [5.41, 5.74) is 0.242. The van der Waals surface area contributed by atoms with Gasteiger partial charge in [-0.15, -0.1) is 0 Å². The summed E-state index contributed by atoms with van der Waals surface area (Å²) in [6.07, 6.45) is 0.379. The van der Waals surface area contributed by atoms with Gasteiger partial charge in [-0.25, -0.2) is 4.79 Å². The normalized spacial score (nSPS) is 23.2. The quantitative estimate of drug-likeness (QED) is 0.218. The molecular weight excluding hydrogens is 582 g/mol. The van der Waals surface area contributed by atoms with Crippen LogP contribution >= 0.6 is 0 Å². The van der Waals surface area contributed by atoms with Crippen LogP contribution in [0.25, 0.3) is 43.6 Å². The van der Waals surface area contributed by atoms with Crippen molar-refractivity contribution >= 4 is 79.9 Å². The van der Waals surface area contributed by atoms with Crippen LogP contribution < -0.4 is 0 Å². The highest BCUT2D eigenvalue weighted by atomic mass is 16.6. The standard InChI is InChI=1S/C33H25N3O9/c1-15(39)34-12-21-25-20-10-18(14-38)6-8-23(20)36-29(25)28-26(27(21)30(34)41)19-9-17(13-37)5-7-22(19)35(28)24-11-33(31(42)43-4,44-16(2)40)32(36,3)45-24/h5-10,13-14,24H,11-12H2,1-4H3/t24-,32+,33+/m1/s1. The van der Waals surface area contributed by atoms with Crippen LogP contribution in [-0.4, -0.2) is 63.1 Å². The first-order valence-corrected chi connectivity index (χ1v) is 14.3. The third-order valence-corrected chi connectivity index (χ3v) is 9.65. The number of aldehydes is 2. The number of esters is 2. The highest BCUT2D eigenvalue weighted by Gasteiger charge is 2.69. The first kappa shape index (κ1) is 27.2. The Labute approximate surface area is 254 Å². The van der Waals surface area contributed by atoms with E-state index in [2.05, 4.69) is 0 Å². The molecule has 0 radical (unpaired) electrons. The third-order valence-electron chi connectivity index (χ3n) is 9.65. The zero-order chi connectivity index (χ0) is 31.7. The first-order chi connectivity index (χ1) is 21.5. The van der Waals surface area contributed by atoms with Crippen LogP contribution in [0.2, 0.25) is 0 Å². The number of amides is 2. The fourth-order valence-corrected chi connectivity index (χ4v) is 7.91. The van der Waals surface area contributed by atoms with Gasteiger partial charge in [-0.3, -0.25) is 28.9 Å². The van der Waals surface area contributed by atoms with Gasteiger partial charge in [-0.1, -0.05) is 0 Å². The van der Waals surface area contributed by atoms with Crippen LogP contribution in [0.4, 0.5) is 0 Å². The Balaban J connectivity index is 1.69. The van der Waals surface area contributed by atoms with E-state index in [-0.39, 0.29) is 13.0 Å². The number of carbonyl (C=O) groups is 6. The van der Waals surface area contributed by atoms with E-state index in [4.69, 9.17) is 14.2 Å². The first-order valence-electron chi connectivity index (χ1n) is 14.3. The number of hydrogen-bond acceptors (Lipinski definition) is 9. The van der Waals surface area contributed by atoms with E-state index in [1.807, 2.05) is 4.57 Å². The molecule has 2 bridgehead atoms. The van der Waals surface area contributed by atoms with Crippen molar-refractivity contribution in [2.75, 3.05) is 7.11 Å². The molecule has 8 rings (SSSR count). The molecule has 3 atom stereocenters. The number of rotatable bonds is 4. The third kappa shape index (κ3) is 3.04. The summed E-state index contributed by atoms with van der Waals surface area (Å²) in [7, 11) is 1.21. The molecule has 2 amide bonds. The van der Waals surface area contributed by atoms with E-state index in [0.717, 1.165) is 0 Å². The number of methoxy groups -OCH3 is 1. The van der Waals surface area contributed by atoms with E-state index in [1.54, 1.807) is 47.9 Å². The molecule has 0 spiro atoms. The molecule has 226 valence electrons. The van der Waals surface area contributed by atoms with Crippen LogP contribution in [0, 0.1) is 0 Å². The smallest absolute Gasteiger partial charge is 0.355 e. The van der Waals surface area contributed by atoms with Crippen molar-refractivity contribution in [1.29, 1.82) is 0 Å². The summed E-state index contributed by atoms with van der Waals surface area (Å²) in [4.78, 5) is 78.4. The minimum Gasteiger partial charge on any atom is -0.466 e. The second-order valence-corrected chi connectivity index (χ2v) is 11.9. The molecule has 5 aromatic rings. The van der Waals surface area contributed by atoms with E-state index < -0.39 is 41.3 Å². The molecule has 1 fully saturated rings. The van der Waals surface area contributed by atoms with Crippen molar-refractivity contribution in [2.45, 2.75) is 51.3 Å². The SMILES string of the molecule is COC(=O)[C@@]1(OC(C)=O)C[C@H]2O[C@]1(C)n1c3ccc(C=O)cc3c3c4c(c5c6cc(C=O)ccc6n2c5c31)C(=O)N(C(C)=O)C4. The summed E-state index contributed by atoms with van der Waals surface area (Å²) in [5, 5.41) is 2.27. The lowest BCUT2D eigenvalue weighted by Gasteiger charge is -2.40. The molecular formula is C33H25N3O9. The van der Waals surface area contributed by atoms with Crippen LogP contribution in [0.5, 0.6) is 0 Å².